The first kappa shape index (κ1) is 38.2. The monoisotopic (exact) mass is 692 g/mol. The number of rotatable bonds is 8. The zero-order valence-electron chi connectivity index (χ0n) is 30.9. The molecular weight excluding hydrogens is 632 g/mol. The van der Waals surface area contributed by atoms with Crippen LogP contribution < -0.4 is 0 Å². The van der Waals surface area contributed by atoms with Gasteiger partial charge in [-0.05, 0) is 94.8 Å². The SMILES string of the molecule is CC(=O)O[C@H]1[C@H](OC(=O)C[C@@](C)(O)CC(=O)O)C[C@]2(C)C3=C(CC[C@H]2C1(C)C)[C@]1(C)CC[C@H]([C@H]2CC[C@@H](C(C)(C)O)O[C@H]2O)[C@@]1(C)[C@@H](O)C3. The summed E-state index contributed by atoms with van der Waals surface area (Å²) >= 11 is 0. The summed E-state index contributed by atoms with van der Waals surface area (Å²) in [6.07, 6.45) is 0.462. The molecule has 0 spiro atoms. The van der Waals surface area contributed by atoms with Crippen molar-refractivity contribution in [2.24, 2.45) is 39.4 Å². The normalized spacial score (nSPS) is 43.0. The highest BCUT2D eigenvalue weighted by atomic mass is 16.6. The Bertz CT molecular complexity index is 1360. The molecule has 0 unspecified atom stereocenters. The molecule has 1 heterocycles. The molecule has 3 fully saturated rings. The Labute approximate surface area is 290 Å². The Morgan fingerprint density at radius 3 is 2.14 bits per heavy atom. The first-order valence-corrected chi connectivity index (χ1v) is 18.2. The first-order chi connectivity index (χ1) is 22.4. The van der Waals surface area contributed by atoms with E-state index in [-0.39, 0.29) is 23.2 Å². The zero-order chi connectivity index (χ0) is 36.7. The molecule has 1 saturated heterocycles. The van der Waals surface area contributed by atoms with E-state index < -0.39 is 88.9 Å². The van der Waals surface area contributed by atoms with Crippen molar-refractivity contribution in [1.29, 1.82) is 0 Å². The van der Waals surface area contributed by atoms with Gasteiger partial charge in [-0.15, -0.1) is 0 Å². The van der Waals surface area contributed by atoms with E-state index >= 15 is 0 Å². The van der Waals surface area contributed by atoms with Crippen molar-refractivity contribution in [3.8, 4) is 0 Å². The van der Waals surface area contributed by atoms with Gasteiger partial charge in [0.15, 0.2) is 6.29 Å². The maximum Gasteiger partial charge on any atom is 0.309 e. The molecule has 12 atom stereocenters. The number of aliphatic carboxylic acids is 1. The van der Waals surface area contributed by atoms with E-state index in [1.807, 2.05) is 13.8 Å². The van der Waals surface area contributed by atoms with Crippen molar-refractivity contribution in [2.75, 3.05) is 0 Å². The number of carbonyl (C=O) groups is 3. The van der Waals surface area contributed by atoms with Crippen LogP contribution in [0.15, 0.2) is 11.1 Å². The summed E-state index contributed by atoms with van der Waals surface area (Å²) in [6.45, 7) is 16.7. The summed E-state index contributed by atoms with van der Waals surface area (Å²) in [6, 6.07) is 0. The average Bonchev–Trinajstić information content (AvgIpc) is 3.22. The fourth-order valence-electron chi connectivity index (χ4n) is 11.7. The van der Waals surface area contributed by atoms with Crippen LogP contribution in [-0.2, 0) is 28.6 Å². The lowest BCUT2D eigenvalue weighted by Gasteiger charge is -2.64. The third-order valence-electron chi connectivity index (χ3n) is 14.1. The number of hydrogen-bond donors (Lipinski definition) is 5. The van der Waals surface area contributed by atoms with E-state index in [1.54, 1.807) is 13.8 Å². The number of allylic oxidation sites excluding steroid dienone is 1. The molecule has 5 rings (SSSR count). The second-order valence-corrected chi connectivity index (χ2v) is 18.2. The first-order valence-electron chi connectivity index (χ1n) is 18.2. The van der Waals surface area contributed by atoms with Gasteiger partial charge in [0.2, 0.25) is 0 Å². The smallest absolute Gasteiger partial charge is 0.309 e. The number of aliphatic hydroxyl groups is 4. The standard InChI is InChI=1S/C38H60O11/c1-20(39)47-31-25(48-30(43)19-35(6,46)18-29(41)42)17-36(7)24-16-27(40)38(9)22(21-10-13-28(34(4,5)45)49-32(21)44)14-15-37(38,8)23(24)11-12-26(36)33(31,2)3/h21-22,25-28,31-32,40,44-46H,10-19H2,1-9H3,(H,41,42)/t21-,22-,25-,26+,27+,28+,31+,32-,35+,36-,37+,38+/m1/s1. The van der Waals surface area contributed by atoms with Crippen LogP contribution in [0.1, 0.15) is 127 Å². The molecule has 11 nitrogen and oxygen atoms in total. The molecule has 0 bridgehead atoms. The molecule has 1 aliphatic heterocycles. The van der Waals surface area contributed by atoms with Gasteiger partial charge >= 0.3 is 17.9 Å². The Kier molecular flexibility index (Phi) is 9.79. The number of aliphatic hydroxyl groups excluding tert-OH is 2. The minimum Gasteiger partial charge on any atom is -0.481 e. The van der Waals surface area contributed by atoms with E-state index in [2.05, 4.69) is 20.8 Å². The van der Waals surface area contributed by atoms with Gasteiger partial charge in [-0.1, -0.05) is 45.8 Å². The molecule has 11 heteroatoms. The highest BCUT2D eigenvalue weighted by Crippen LogP contribution is 2.73. The number of carboxylic acid groups (broad SMARTS) is 1. The highest BCUT2D eigenvalue weighted by molar-refractivity contribution is 5.74. The average molecular weight is 693 g/mol. The number of ether oxygens (including phenoxy) is 3. The van der Waals surface area contributed by atoms with Crippen molar-refractivity contribution in [3.05, 3.63) is 11.1 Å². The van der Waals surface area contributed by atoms with E-state index in [1.165, 1.54) is 25.0 Å². The van der Waals surface area contributed by atoms with E-state index in [0.29, 0.717) is 25.7 Å². The molecule has 5 aliphatic rings. The largest absolute Gasteiger partial charge is 0.481 e. The zero-order valence-corrected chi connectivity index (χ0v) is 30.9. The van der Waals surface area contributed by atoms with Crippen molar-refractivity contribution >= 4 is 17.9 Å². The molecule has 0 aromatic heterocycles. The van der Waals surface area contributed by atoms with Crippen LogP contribution in [0, 0.1) is 39.4 Å². The van der Waals surface area contributed by atoms with Gasteiger partial charge in [-0.3, -0.25) is 14.4 Å². The third-order valence-corrected chi connectivity index (χ3v) is 14.1. The molecule has 5 N–H and O–H groups in total. The quantitative estimate of drug-likeness (QED) is 0.176. The Morgan fingerprint density at radius 1 is 0.918 bits per heavy atom. The predicted molar refractivity (Wildman–Crippen MR) is 179 cm³/mol. The molecule has 2 saturated carbocycles. The molecule has 0 radical (unpaired) electrons. The van der Waals surface area contributed by atoms with Crippen molar-refractivity contribution in [2.45, 2.75) is 168 Å². The summed E-state index contributed by atoms with van der Waals surface area (Å²) in [5, 5.41) is 54.0. The summed E-state index contributed by atoms with van der Waals surface area (Å²) in [5.74, 6) is -2.62. The van der Waals surface area contributed by atoms with Crippen LogP contribution in [0.4, 0.5) is 0 Å². The molecule has 0 amide bonds. The van der Waals surface area contributed by atoms with Gasteiger partial charge in [0.1, 0.15) is 12.2 Å². The van der Waals surface area contributed by atoms with Crippen molar-refractivity contribution in [1.82, 2.24) is 0 Å². The molecule has 278 valence electrons. The van der Waals surface area contributed by atoms with Gasteiger partial charge in [0.05, 0.1) is 36.3 Å². The summed E-state index contributed by atoms with van der Waals surface area (Å²) in [5.41, 5.74) is -2.40. The van der Waals surface area contributed by atoms with Gasteiger partial charge in [-0.25, -0.2) is 0 Å². The number of hydrogen-bond acceptors (Lipinski definition) is 10. The molecular formula is C38H60O11. The molecule has 4 aliphatic carbocycles. The van der Waals surface area contributed by atoms with Crippen LogP contribution in [0.3, 0.4) is 0 Å². The second-order valence-electron chi connectivity index (χ2n) is 18.2. The summed E-state index contributed by atoms with van der Waals surface area (Å²) in [7, 11) is 0. The minimum absolute atomic E-state index is 0.00766. The summed E-state index contributed by atoms with van der Waals surface area (Å²) < 4.78 is 17.9. The lowest BCUT2D eigenvalue weighted by atomic mass is 9.42. The van der Waals surface area contributed by atoms with Gasteiger partial charge in [0, 0.05) is 23.7 Å². The van der Waals surface area contributed by atoms with Gasteiger partial charge in [-0.2, -0.15) is 0 Å². The Hall–Kier alpha value is -2.05. The number of carboxylic acids is 1. The Balaban J connectivity index is 1.49. The molecule has 0 aromatic rings. The van der Waals surface area contributed by atoms with Crippen LogP contribution in [-0.4, -0.2) is 85.3 Å². The highest BCUT2D eigenvalue weighted by Gasteiger charge is 2.68. The van der Waals surface area contributed by atoms with Crippen LogP contribution >= 0.6 is 0 Å². The van der Waals surface area contributed by atoms with Crippen LogP contribution in [0.5, 0.6) is 0 Å². The molecule has 49 heavy (non-hydrogen) atoms. The topological polar surface area (TPSA) is 180 Å². The number of fused-ring (bicyclic) bond motifs is 4. The van der Waals surface area contributed by atoms with E-state index in [9.17, 15) is 39.9 Å². The number of carbonyl (C=O) groups excluding carboxylic acids is 2. The molecule has 0 aromatic carbocycles. The minimum atomic E-state index is -1.81. The maximum absolute atomic E-state index is 13.3. The van der Waals surface area contributed by atoms with E-state index in [0.717, 1.165) is 25.7 Å². The van der Waals surface area contributed by atoms with Crippen LogP contribution in [0.2, 0.25) is 0 Å². The van der Waals surface area contributed by atoms with Crippen molar-refractivity contribution in [3.63, 3.8) is 0 Å². The number of esters is 2. The second kappa shape index (κ2) is 12.6. The fourth-order valence-corrected chi connectivity index (χ4v) is 11.7. The van der Waals surface area contributed by atoms with Crippen molar-refractivity contribution < 1.29 is 54.1 Å². The summed E-state index contributed by atoms with van der Waals surface area (Å²) in [4.78, 5) is 36.9. The van der Waals surface area contributed by atoms with Crippen LogP contribution in [0.25, 0.3) is 0 Å². The fraction of sp³-hybridized carbons (Fsp3) is 0.868. The lowest BCUT2D eigenvalue weighted by molar-refractivity contribution is -0.251. The lowest BCUT2D eigenvalue weighted by Crippen LogP contribution is -2.63. The third kappa shape index (κ3) is 6.38. The van der Waals surface area contributed by atoms with E-state index in [4.69, 9.17) is 14.2 Å². The Morgan fingerprint density at radius 2 is 1.57 bits per heavy atom. The maximum atomic E-state index is 13.3. The van der Waals surface area contributed by atoms with Gasteiger partial charge in [0.25, 0.3) is 0 Å². The van der Waals surface area contributed by atoms with Gasteiger partial charge < -0.3 is 39.7 Å². The predicted octanol–water partition coefficient (Wildman–Crippen LogP) is 4.66.